The lowest BCUT2D eigenvalue weighted by molar-refractivity contribution is -0.126. The number of thioether (sulfide) groups is 1. The summed E-state index contributed by atoms with van der Waals surface area (Å²) in [5.74, 6) is -1.45. The number of amides is 2. The Morgan fingerprint density at radius 1 is 1.31 bits per heavy atom. The molecule has 0 radical (unpaired) electrons. The van der Waals surface area contributed by atoms with Gasteiger partial charge < -0.3 is 14.8 Å². The van der Waals surface area contributed by atoms with Crippen LogP contribution in [-0.4, -0.2) is 38.7 Å². The number of anilines is 1. The lowest BCUT2D eigenvalue weighted by Gasteiger charge is -2.14. The molecule has 1 aliphatic heterocycles. The molecule has 7 nitrogen and oxygen atoms in total. The Balaban J connectivity index is 1.67. The minimum absolute atomic E-state index is 0.0507. The summed E-state index contributed by atoms with van der Waals surface area (Å²) in [5, 5.41) is 11.5. The number of carbonyl (C=O) groups is 3. The first kappa shape index (κ1) is 17.9. The van der Waals surface area contributed by atoms with E-state index in [1.54, 1.807) is 24.3 Å². The Bertz CT molecular complexity index is 921. The molecule has 1 aliphatic rings. The summed E-state index contributed by atoms with van der Waals surface area (Å²) in [4.78, 5) is 37.2. The van der Waals surface area contributed by atoms with Gasteiger partial charge in [-0.1, -0.05) is 30.0 Å². The minimum atomic E-state index is -1.10. The van der Waals surface area contributed by atoms with Crippen LogP contribution in [0.5, 0.6) is 0 Å². The zero-order chi connectivity index (χ0) is 18.7. The molecular weight excluding hydrogens is 376 g/mol. The van der Waals surface area contributed by atoms with Crippen LogP contribution in [0.2, 0.25) is 0 Å². The van der Waals surface area contributed by atoms with Crippen molar-refractivity contribution in [1.29, 1.82) is 0 Å². The van der Waals surface area contributed by atoms with Crippen LogP contribution in [0, 0.1) is 0 Å². The molecule has 9 heteroatoms. The van der Waals surface area contributed by atoms with Crippen LogP contribution in [0.25, 0.3) is 6.08 Å². The van der Waals surface area contributed by atoms with Crippen LogP contribution in [0.1, 0.15) is 16.1 Å². The van der Waals surface area contributed by atoms with Gasteiger partial charge in [0.05, 0.1) is 16.7 Å². The summed E-state index contributed by atoms with van der Waals surface area (Å²) in [6.07, 6.45) is 3.05. The fourth-order valence-electron chi connectivity index (χ4n) is 2.21. The number of carboxylic acids is 1. The lowest BCUT2D eigenvalue weighted by Crippen LogP contribution is -2.36. The molecule has 2 amide bonds. The van der Waals surface area contributed by atoms with Crippen LogP contribution in [0.3, 0.4) is 0 Å². The number of carbonyl (C=O) groups excluding carboxylic acids is 2. The van der Waals surface area contributed by atoms with E-state index in [1.807, 2.05) is 0 Å². The van der Waals surface area contributed by atoms with Gasteiger partial charge in [-0.2, -0.15) is 0 Å². The second kappa shape index (κ2) is 7.54. The molecular formula is C17H12N2O5S2. The van der Waals surface area contributed by atoms with E-state index >= 15 is 0 Å². The zero-order valence-corrected chi connectivity index (χ0v) is 14.8. The second-order valence-electron chi connectivity index (χ2n) is 5.22. The van der Waals surface area contributed by atoms with Crippen molar-refractivity contribution in [2.45, 2.75) is 0 Å². The van der Waals surface area contributed by atoms with Crippen molar-refractivity contribution in [3.63, 3.8) is 0 Å². The maximum absolute atomic E-state index is 12.4. The van der Waals surface area contributed by atoms with E-state index < -0.39 is 11.9 Å². The molecule has 26 heavy (non-hydrogen) atoms. The van der Waals surface area contributed by atoms with Gasteiger partial charge in [0.15, 0.2) is 0 Å². The number of benzene rings is 1. The van der Waals surface area contributed by atoms with Gasteiger partial charge in [-0.3, -0.25) is 14.5 Å². The summed E-state index contributed by atoms with van der Waals surface area (Å²) in [5.41, 5.74) is 0.376. The van der Waals surface area contributed by atoms with Crippen molar-refractivity contribution in [1.82, 2.24) is 4.90 Å². The predicted molar refractivity (Wildman–Crippen MR) is 101 cm³/mol. The van der Waals surface area contributed by atoms with Gasteiger partial charge in [-0.25, -0.2) is 4.79 Å². The number of carboxylic acid groups (broad SMARTS) is 1. The number of hydrogen-bond acceptors (Lipinski definition) is 6. The van der Waals surface area contributed by atoms with Gasteiger partial charge in [-0.05, 0) is 30.3 Å². The number of aromatic carboxylic acids is 1. The van der Waals surface area contributed by atoms with Crippen molar-refractivity contribution < 1.29 is 23.9 Å². The van der Waals surface area contributed by atoms with E-state index in [0.717, 1.165) is 11.8 Å². The Morgan fingerprint density at radius 2 is 2.12 bits per heavy atom. The van der Waals surface area contributed by atoms with Gasteiger partial charge in [0.25, 0.3) is 5.91 Å². The van der Waals surface area contributed by atoms with Crippen molar-refractivity contribution in [3.05, 3.63) is 58.9 Å². The molecule has 2 N–H and O–H groups in total. The number of furan rings is 1. The highest BCUT2D eigenvalue weighted by Crippen LogP contribution is 2.32. The van der Waals surface area contributed by atoms with Gasteiger partial charge in [0, 0.05) is 11.8 Å². The monoisotopic (exact) mass is 388 g/mol. The van der Waals surface area contributed by atoms with E-state index in [0.29, 0.717) is 16.4 Å². The standard InChI is InChI=1S/C17H12N2O5S2/c20-14(18-11-4-1-3-10(7-11)16(22)23)9-19-15(21)13(26-17(19)25)8-12-5-2-6-24-12/h1-8H,9H2,(H,18,20)(H,22,23). The summed E-state index contributed by atoms with van der Waals surface area (Å²) >= 11 is 6.25. The first-order valence-electron chi connectivity index (χ1n) is 7.36. The number of rotatable bonds is 5. The number of hydrogen-bond donors (Lipinski definition) is 2. The average Bonchev–Trinajstić information content (AvgIpc) is 3.19. The Hall–Kier alpha value is -2.91. The Labute approximate surface area is 157 Å². The topological polar surface area (TPSA) is 99.9 Å². The lowest BCUT2D eigenvalue weighted by atomic mass is 10.2. The molecule has 1 fully saturated rings. The summed E-state index contributed by atoms with van der Waals surface area (Å²) < 4.78 is 5.44. The highest BCUT2D eigenvalue weighted by molar-refractivity contribution is 8.26. The molecule has 2 aromatic rings. The quantitative estimate of drug-likeness (QED) is 0.600. The normalized spacial score (nSPS) is 15.5. The number of thiocarbonyl (C=S) groups is 1. The van der Waals surface area contributed by atoms with Gasteiger partial charge in [-0.15, -0.1) is 0 Å². The van der Waals surface area contributed by atoms with Crippen molar-refractivity contribution in [2.75, 3.05) is 11.9 Å². The molecule has 0 atom stereocenters. The summed E-state index contributed by atoms with van der Waals surface area (Å²) in [6, 6.07) is 9.23. The fraction of sp³-hybridized carbons (Fsp3) is 0.0588. The maximum atomic E-state index is 12.4. The third-order valence-corrected chi connectivity index (χ3v) is 4.76. The fourth-order valence-corrected chi connectivity index (χ4v) is 3.45. The van der Waals surface area contributed by atoms with Gasteiger partial charge in [0.1, 0.15) is 16.6 Å². The first-order valence-corrected chi connectivity index (χ1v) is 8.58. The molecule has 0 unspecified atom stereocenters. The second-order valence-corrected chi connectivity index (χ2v) is 6.89. The van der Waals surface area contributed by atoms with Crippen molar-refractivity contribution in [3.8, 4) is 0 Å². The molecule has 1 saturated heterocycles. The predicted octanol–water partition coefficient (Wildman–Crippen LogP) is 2.82. The molecule has 3 rings (SSSR count). The Kier molecular flexibility index (Phi) is 5.19. The molecule has 1 aromatic heterocycles. The van der Waals surface area contributed by atoms with Crippen LogP contribution in [-0.2, 0) is 9.59 Å². The molecule has 0 spiro atoms. The van der Waals surface area contributed by atoms with Crippen molar-refractivity contribution in [2.24, 2.45) is 0 Å². The van der Waals surface area contributed by atoms with Gasteiger partial charge >= 0.3 is 5.97 Å². The molecule has 0 saturated carbocycles. The molecule has 132 valence electrons. The van der Waals surface area contributed by atoms with E-state index in [-0.39, 0.29) is 22.3 Å². The zero-order valence-electron chi connectivity index (χ0n) is 13.2. The maximum Gasteiger partial charge on any atom is 0.335 e. The number of nitrogens with zero attached hydrogens (tertiary/aromatic N) is 1. The average molecular weight is 388 g/mol. The molecule has 0 aliphatic carbocycles. The van der Waals surface area contributed by atoms with E-state index in [9.17, 15) is 14.4 Å². The van der Waals surface area contributed by atoms with E-state index in [2.05, 4.69) is 5.32 Å². The van der Waals surface area contributed by atoms with Crippen LogP contribution < -0.4 is 5.32 Å². The third kappa shape index (κ3) is 4.01. The first-order chi connectivity index (χ1) is 12.4. The van der Waals surface area contributed by atoms with Crippen LogP contribution >= 0.6 is 24.0 Å². The number of nitrogens with one attached hydrogen (secondary N) is 1. The third-order valence-electron chi connectivity index (χ3n) is 3.39. The highest BCUT2D eigenvalue weighted by Gasteiger charge is 2.33. The largest absolute Gasteiger partial charge is 0.478 e. The minimum Gasteiger partial charge on any atom is -0.478 e. The van der Waals surface area contributed by atoms with E-state index in [4.69, 9.17) is 21.7 Å². The van der Waals surface area contributed by atoms with Crippen LogP contribution in [0.4, 0.5) is 5.69 Å². The molecule has 2 heterocycles. The van der Waals surface area contributed by atoms with Crippen LogP contribution in [0.15, 0.2) is 52.0 Å². The van der Waals surface area contributed by atoms with Crippen molar-refractivity contribution >= 4 is 57.8 Å². The van der Waals surface area contributed by atoms with Gasteiger partial charge in [0.2, 0.25) is 5.91 Å². The summed E-state index contributed by atoms with van der Waals surface area (Å²) in [7, 11) is 0. The SMILES string of the molecule is O=C(CN1C(=O)C(=Cc2ccco2)SC1=S)Nc1cccc(C(=O)O)c1. The summed E-state index contributed by atoms with van der Waals surface area (Å²) in [6.45, 7) is -0.266. The molecule has 1 aromatic carbocycles. The highest BCUT2D eigenvalue weighted by atomic mass is 32.2. The Morgan fingerprint density at radius 3 is 2.81 bits per heavy atom. The molecule has 0 bridgehead atoms. The smallest absolute Gasteiger partial charge is 0.335 e. The van der Waals surface area contributed by atoms with E-state index in [1.165, 1.54) is 29.4 Å².